The summed E-state index contributed by atoms with van der Waals surface area (Å²) in [7, 11) is 3.09. The van der Waals surface area contributed by atoms with Gasteiger partial charge < -0.3 is 20.6 Å². The van der Waals surface area contributed by atoms with Crippen molar-refractivity contribution in [3.8, 4) is 11.5 Å². The van der Waals surface area contributed by atoms with Crippen molar-refractivity contribution in [2.75, 3.05) is 25.4 Å². The predicted octanol–water partition coefficient (Wildman–Crippen LogP) is 1.13. The minimum atomic E-state index is -0.389. The zero-order chi connectivity index (χ0) is 16.1. The Balaban J connectivity index is 2.03. The van der Waals surface area contributed by atoms with Crippen LogP contribution in [-0.4, -0.2) is 40.3 Å². The van der Waals surface area contributed by atoms with Crippen LogP contribution in [0.2, 0.25) is 0 Å². The Morgan fingerprint density at radius 1 is 1.36 bits per heavy atom. The van der Waals surface area contributed by atoms with Crippen LogP contribution in [0, 0.1) is 0 Å². The number of thioether (sulfide) groups is 1. The molecule has 1 aromatic heterocycles. The van der Waals surface area contributed by atoms with Crippen molar-refractivity contribution in [3.05, 3.63) is 24.5 Å². The number of ether oxygens (including phenoxy) is 2. The number of aromatic nitrogens is 3. The Morgan fingerprint density at radius 2 is 2.09 bits per heavy atom. The molecule has 0 unspecified atom stereocenters. The number of carbonyl (C=O) groups excluding carboxylic acids is 1. The third kappa shape index (κ3) is 3.61. The van der Waals surface area contributed by atoms with E-state index < -0.39 is 0 Å². The van der Waals surface area contributed by atoms with Crippen molar-refractivity contribution < 1.29 is 14.3 Å². The normalized spacial score (nSPS) is 11.8. The van der Waals surface area contributed by atoms with Crippen LogP contribution in [0.3, 0.4) is 0 Å². The van der Waals surface area contributed by atoms with Crippen molar-refractivity contribution in [2.24, 2.45) is 0 Å². The third-order valence-electron chi connectivity index (χ3n) is 2.84. The Labute approximate surface area is 132 Å². The lowest BCUT2D eigenvalue weighted by Gasteiger charge is -2.13. The molecular weight excluding hydrogens is 306 g/mol. The number of carbonyl (C=O) groups is 1. The van der Waals surface area contributed by atoms with Crippen LogP contribution < -0.4 is 20.6 Å². The first-order chi connectivity index (χ1) is 10.5. The number of methoxy groups -OCH3 is 2. The van der Waals surface area contributed by atoms with Gasteiger partial charge in [0.05, 0.1) is 19.5 Å². The summed E-state index contributed by atoms with van der Waals surface area (Å²) in [4.78, 5) is 12.2. The monoisotopic (exact) mass is 323 g/mol. The molecule has 0 fully saturated rings. The number of anilines is 1. The highest BCUT2D eigenvalue weighted by atomic mass is 32.2. The Morgan fingerprint density at radius 3 is 2.68 bits per heavy atom. The number of hydrogen-bond donors (Lipinski definition) is 2. The Bertz CT molecular complexity index is 661. The SMILES string of the molecule is COc1ccc(NC(=O)[C@H](C)Sc2nncn2N)cc1OC. The van der Waals surface area contributed by atoms with Gasteiger partial charge in [-0.3, -0.25) is 4.79 Å². The summed E-state index contributed by atoms with van der Waals surface area (Å²) in [6.45, 7) is 1.76. The van der Waals surface area contributed by atoms with Crippen molar-refractivity contribution in [1.82, 2.24) is 14.9 Å². The minimum absolute atomic E-state index is 0.180. The molecule has 1 amide bonds. The van der Waals surface area contributed by atoms with E-state index in [1.165, 1.54) is 29.9 Å². The Hall–Kier alpha value is -2.42. The maximum atomic E-state index is 12.2. The zero-order valence-corrected chi connectivity index (χ0v) is 13.3. The fourth-order valence-corrected chi connectivity index (χ4v) is 2.43. The lowest BCUT2D eigenvalue weighted by Crippen LogP contribution is -2.23. The van der Waals surface area contributed by atoms with Crippen LogP contribution >= 0.6 is 11.8 Å². The van der Waals surface area contributed by atoms with Crippen LogP contribution in [0.25, 0.3) is 0 Å². The van der Waals surface area contributed by atoms with Gasteiger partial charge in [-0.2, -0.15) is 0 Å². The van der Waals surface area contributed by atoms with Gasteiger partial charge >= 0.3 is 0 Å². The summed E-state index contributed by atoms with van der Waals surface area (Å²) in [6, 6.07) is 5.16. The topological polar surface area (TPSA) is 104 Å². The van der Waals surface area contributed by atoms with Gasteiger partial charge in [0.1, 0.15) is 6.33 Å². The van der Waals surface area contributed by atoms with E-state index in [0.29, 0.717) is 22.3 Å². The molecule has 0 saturated carbocycles. The average molecular weight is 323 g/mol. The second kappa shape index (κ2) is 7.03. The molecule has 3 N–H and O–H groups in total. The second-order valence-corrected chi connectivity index (χ2v) is 5.65. The van der Waals surface area contributed by atoms with E-state index in [1.807, 2.05) is 0 Å². The number of rotatable bonds is 6. The number of benzene rings is 1. The van der Waals surface area contributed by atoms with Gasteiger partial charge in [-0.05, 0) is 19.1 Å². The molecule has 8 nitrogen and oxygen atoms in total. The van der Waals surface area contributed by atoms with E-state index in [2.05, 4.69) is 15.5 Å². The number of nitrogens with zero attached hydrogens (tertiary/aromatic N) is 3. The maximum absolute atomic E-state index is 12.2. The molecular formula is C13H17N5O3S. The fourth-order valence-electron chi connectivity index (χ4n) is 1.69. The van der Waals surface area contributed by atoms with Gasteiger partial charge in [0.25, 0.3) is 0 Å². The van der Waals surface area contributed by atoms with E-state index in [1.54, 1.807) is 32.2 Å². The van der Waals surface area contributed by atoms with Crippen LogP contribution in [0.15, 0.2) is 29.7 Å². The molecule has 0 bridgehead atoms. The first-order valence-corrected chi connectivity index (χ1v) is 7.27. The van der Waals surface area contributed by atoms with Crippen LogP contribution in [0.4, 0.5) is 5.69 Å². The van der Waals surface area contributed by atoms with Crippen molar-refractivity contribution >= 4 is 23.4 Å². The summed E-state index contributed by atoms with van der Waals surface area (Å²) >= 11 is 1.22. The van der Waals surface area contributed by atoms with E-state index in [4.69, 9.17) is 15.3 Å². The molecule has 0 saturated heterocycles. The Kier molecular flexibility index (Phi) is 5.10. The van der Waals surface area contributed by atoms with Crippen LogP contribution in [-0.2, 0) is 4.79 Å². The molecule has 2 rings (SSSR count). The first-order valence-electron chi connectivity index (χ1n) is 6.39. The number of nitrogen functional groups attached to an aromatic ring is 1. The van der Waals surface area contributed by atoms with Gasteiger partial charge in [-0.15, -0.1) is 10.2 Å². The molecule has 1 aromatic carbocycles. The standard InChI is InChI=1S/C13H17N5O3S/c1-8(22-13-17-15-7-18(13)14)12(19)16-9-4-5-10(20-2)11(6-9)21-3/h4-8H,14H2,1-3H3,(H,16,19)/t8-/m0/s1. The number of nitrogens with two attached hydrogens (primary N) is 1. The van der Waals surface area contributed by atoms with Crippen LogP contribution in [0.5, 0.6) is 11.5 Å². The lowest BCUT2D eigenvalue weighted by molar-refractivity contribution is -0.115. The van der Waals surface area contributed by atoms with E-state index in [0.717, 1.165) is 0 Å². The summed E-state index contributed by atoms with van der Waals surface area (Å²) in [5.41, 5.74) is 0.615. The van der Waals surface area contributed by atoms with Gasteiger partial charge in [0, 0.05) is 11.8 Å². The molecule has 0 aliphatic heterocycles. The van der Waals surface area contributed by atoms with Crippen LogP contribution in [0.1, 0.15) is 6.92 Å². The van der Waals surface area contributed by atoms with E-state index in [9.17, 15) is 4.79 Å². The van der Waals surface area contributed by atoms with Gasteiger partial charge in [-0.25, -0.2) is 4.68 Å². The number of nitrogens with one attached hydrogen (secondary N) is 1. The largest absolute Gasteiger partial charge is 0.493 e. The second-order valence-electron chi connectivity index (χ2n) is 4.34. The summed E-state index contributed by atoms with van der Waals surface area (Å²) in [5, 5.41) is 10.4. The quantitative estimate of drug-likeness (QED) is 0.606. The zero-order valence-electron chi connectivity index (χ0n) is 12.4. The minimum Gasteiger partial charge on any atom is -0.493 e. The number of amides is 1. The predicted molar refractivity (Wildman–Crippen MR) is 83.7 cm³/mol. The molecule has 0 aliphatic carbocycles. The first kappa shape index (κ1) is 16.0. The van der Waals surface area contributed by atoms with Crippen molar-refractivity contribution in [1.29, 1.82) is 0 Å². The van der Waals surface area contributed by atoms with Gasteiger partial charge in [-0.1, -0.05) is 11.8 Å². The highest BCUT2D eigenvalue weighted by Crippen LogP contribution is 2.30. The molecule has 22 heavy (non-hydrogen) atoms. The van der Waals surface area contributed by atoms with Gasteiger partial charge in [0.15, 0.2) is 11.5 Å². The highest BCUT2D eigenvalue weighted by Gasteiger charge is 2.18. The fraction of sp³-hybridized carbons (Fsp3) is 0.308. The molecule has 0 spiro atoms. The molecule has 0 aliphatic rings. The third-order valence-corrected chi connectivity index (χ3v) is 3.91. The summed E-state index contributed by atoms with van der Waals surface area (Å²) < 4.78 is 11.6. The van der Waals surface area contributed by atoms with Crippen molar-refractivity contribution in [2.45, 2.75) is 17.3 Å². The molecule has 118 valence electrons. The van der Waals surface area contributed by atoms with E-state index >= 15 is 0 Å². The number of hydrogen-bond acceptors (Lipinski definition) is 7. The smallest absolute Gasteiger partial charge is 0.237 e. The summed E-state index contributed by atoms with van der Waals surface area (Å²) in [6.07, 6.45) is 1.38. The average Bonchev–Trinajstić information content (AvgIpc) is 2.92. The molecule has 1 heterocycles. The summed E-state index contributed by atoms with van der Waals surface area (Å²) in [5.74, 6) is 6.58. The molecule has 1 atom stereocenters. The highest BCUT2D eigenvalue weighted by molar-refractivity contribution is 8.00. The van der Waals surface area contributed by atoms with E-state index in [-0.39, 0.29) is 11.2 Å². The molecule has 2 aromatic rings. The van der Waals surface area contributed by atoms with Gasteiger partial charge in [0.2, 0.25) is 11.1 Å². The molecule has 9 heteroatoms. The lowest BCUT2D eigenvalue weighted by atomic mass is 10.2. The molecule has 0 radical (unpaired) electrons. The van der Waals surface area contributed by atoms with Crippen molar-refractivity contribution in [3.63, 3.8) is 0 Å². The maximum Gasteiger partial charge on any atom is 0.237 e.